The largest absolute Gasteiger partial charge is 0.503 e. The van der Waals surface area contributed by atoms with Crippen LogP contribution in [0.5, 0.6) is 0 Å². The number of carbonyl (C=O) groups excluding carboxylic acids is 2. The molecule has 1 aromatic carbocycles. The highest BCUT2D eigenvalue weighted by Crippen LogP contribution is 2.43. The number of nitrogens with zero attached hydrogens (tertiary/aromatic N) is 2. The number of benzene rings is 1. The van der Waals surface area contributed by atoms with E-state index in [0.29, 0.717) is 16.1 Å². The van der Waals surface area contributed by atoms with E-state index in [2.05, 4.69) is 4.98 Å². The Hall–Kier alpha value is -3.25. The number of aryl methyl sites for hydroxylation is 2. The van der Waals surface area contributed by atoms with Crippen LogP contribution >= 0.6 is 11.3 Å². The van der Waals surface area contributed by atoms with Gasteiger partial charge in [0, 0.05) is 18.1 Å². The van der Waals surface area contributed by atoms with Crippen LogP contribution < -0.4 is 4.90 Å². The van der Waals surface area contributed by atoms with Crippen molar-refractivity contribution in [3.63, 3.8) is 0 Å². The van der Waals surface area contributed by atoms with Crippen molar-refractivity contribution >= 4 is 28.7 Å². The van der Waals surface area contributed by atoms with E-state index in [9.17, 15) is 14.7 Å². The van der Waals surface area contributed by atoms with Crippen molar-refractivity contribution in [3.05, 3.63) is 93.1 Å². The highest BCUT2D eigenvalue weighted by molar-refractivity contribution is 7.12. The Balaban J connectivity index is 1.90. The first-order chi connectivity index (χ1) is 13.5. The third kappa shape index (κ3) is 2.92. The zero-order chi connectivity index (χ0) is 19.8. The predicted molar refractivity (Wildman–Crippen MR) is 109 cm³/mol. The van der Waals surface area contributed by atoms with Crippen LogP contribution in [0.3, 0.4) is 0 Å². The van der Waals surface area contributed by atoms with Crippen molar-refractivity contribution in [2.75, 3.05) is 4.90 Å². The van der Waals surface area contributed by atoms with Crippen molar-refractivity contribution in [3.8, 4) is 0 Å². The topological polar surface area (TPSA) is 70.5 Å². The number of aliphatic hydroxyl groups excluding tert-OH is 1. The zero-order valence-electron chi connectivity index (χ0n) is 15.4. The van der Waals surface area contributed by atoms with Gasteiger partial charge in [0.15, 0.2) is 5.76 Å². The summed E-state index contributed by atoms with van der Waals surface area (Å²) in [6.07, 6.45) is 3.23. The number of Topliss-reactive ketones (excluding diaryl/α,β-unsaturated/α-hetero) is 1. The van der Waals surface area contributed by atoms with Crippen LogP contribution in [0.2, 0.25) is 0 Å². The van der Waals surface area contributed by atoms with E-state index < -0.39 is 17.7 Å². The smallest absolute Gasteiger partial charge is 0.294 e. The Kier molecular flexibility index (Phi) is 4.57. The average molecular weight is 390 g/mol. The number of ketones is 1. The highest BCUT2D eigenvalue weighted by Gasteiger charge is 2.45. The predicted octanol–water partition coefficient (Wildman–Crippen LogP) is 4.54. The third-order valence-corrected chi connectivity index (χ3v) is 5.70. The minimum absolute atomic E-state index is 0.0959. The molecule has 140 valence electrons. The number of amides is 1. The summed E-state index contributed by atoms with van der Waals surface area (Å²) in [5.74, 6) is -1.41. The summed E-state index contributed by atoms with van der Waals surface area (Å²) in [4.78, 5) is 32.2. The lowest BCUT2D eigenvalue weighted by atomic mass is 9.95. The van der Waals surface area contributed by atoms with Crippen LogP contribution in [0.25, 0.3) is 0 Å². The minimum Gasteiger partial charge on any atom is -0.503 e. The number of carbonyl (C=O) groups is 2. The quantitative estimate of drug-likeness (QED) is 0.664. The number of aliphatic hydroxyl groups is 1. The summed E-state index contributed by atoms with van der Waals surface area (Å²) in [6.45, 7) is 3.89. The maximum absolute atomic E-state index is 13.2. The lowest BCUT2D eigenvalue weighted by Crippen LogP contribution is -2.31. The summed E-state index contributed by atoms with van der Waals surface area (Å²) in [5.41, 5.74) is 3.44. The summed E-state index contributed by atoms with van der Waals surface area (Å²) >= 11 is 1.28. The molecule has 3 heterocycles. The molecule has 0 bridgehead atoms. The Morgan fingerprint density at radius 2 is 1.89 bits per heavy atom. The van der Waals surface area contributed by atoms with E-state index in [1.165, 1.54) is 16.2 Å². The maximum Gasteiger partial charge on any atom is 0.294 e. The van der Waals surface area contributed by atoms with Crippen molar-refractivity contribution in [1.82, 2.24) is 4.98 Å². The molecule has 0 spiro atoms. The summed E-state index contributed by atoms with van der Waals surface area (Å²) in [5, 5.41) is 12.5. The maximum atomic E-state index is 13.2. The third-order valence-electron chi connectivity index (χ3n) is 4.83. The Morgan fingerprint density at radius 1 is 1.14 bits per heavy atom. The van der Waals surface area contributed by atoms with Crippen molar-refractivity contribution in [2.24, 2.45) is 0 Å². The second kappa shape index (κ2) is 7.05. The molecule has 1 aliphatic heterocycles. The lowest BCUT2D eigenvalue weighted by molar-refractivity contribution is -0.117. The molecule has 1 unspecified atom stereocenters. The average Bonchev–Trinajstić information content (AvgIpc) is 3.31. The normalized spacial score (nSPS) is 16.7. The molecular weight excluding hydrogens is 372 g/mol. The fourth-order valence-corrected chi connectivity index (χ4v) is 4.24. The van der Waals surface area contributed by atoms with Gasteiger partial charge in [0.2, 0.25) is 5.78 Å². The van der Waals surface area contributed by atoms with Crippen molar-refractivity contribution in [2.45, 2.75) is 19.9 Å². The van der Waals surface area contributed by atoms with Gasteiger partial charge in [-0.2, -0.15) is 0 Å². The molecule has 1 amide bonds. The van der Waals surface area contributed by atoms with Gasteiger partial charge in [0.1, 0.15) is 0 Å². The molecule has 0 aliphatic carbocycles. The van der Waals surface area contributed by atoms with Crippen LogP contribution in [0.15, 0.2) is 71.6 Å². The number of hydrogen-bond donors (Lipinski definition) is 1. The molecule has 5 nitrogen and oxygen atoms in total. The molecule has 3 aromatic rings. The molecule has 2 aromatic heterocycles. The van der Waals surface area contributed by atoms with Gasteiger partial charge in [0.05, 0.1) is 16.5 Å². The van der Waals surface area contributed by atoms with Crippen molar-refractivity contribution < 1.29 is 14.7 Å². The fourth-order valence-electron chi connectivity index (χ4n) is 3.56. The van der Waals surface area contributed by atoms with Gasteiger partial charge in [-0.05, 0) is 54.6 Å². The van der Waals surface area contributed by atoms with Crippen LogP contribution in [-0.2, 0) is 4.79 Å². The first-order valence-electron chi connectivity index (χ1n) is 8.81. The van der Waals surface area contributed by atoms with Crippen LogP contribution in [-0.4, -0.2) is 21.8 Å². The molecule has 4 rings (SSSR count). The van der Waals surface area contributed by atoms with E-state index in [1.54, 1.807) is 42.0 Å². The van der Waals surface area contributed by atoms with Gasteiger partial charge >= 0.3 is 0 Å². The van der Waals surface area contributed by atoms with Gasteiger partial charge in [-0.1, -0.05) is 23.8 Å². The molecule has 6 heteroatoms. The zero-order valence-corrected chi connectivity index (χ0v) is 16.2. The number of aromatic nitrogens is 1. The number of anilines is 1. The Labute approximate surface area is 166 Å². The molecule has 1 N–H and O–H groups in total. The fraction of sp³-hybridized carbons (Fsp3) is 0.136. The summed E-state index contributed by atoms with van der Waals surface area (Å²) < 4.78 is 0. The molecule has 28 heavy (non-hydrogen) atoms. The number of thiophene rings is 1. The SMILES string of the molecule is Cc1ccc(N2C(=O)C(O)=C(C(=O)c3cccs3)C2c2ccncc2)c(C)c1. The van der Waals surface area contributed by atoms with Crippen LogP contribution in [0, 0.1) is 13.8 Å². The van der Waals surface area contributed by atoms with Gasteiger partial charge in [0.25, 0.3) is 5.91 Å². The van der Waals surface area contributed by atoms with Gasteiger partial charge in [-0.25, -0.2) is 0 Å². The molecule has 0 fully saturated rings. The Bertz CT molecular complexity index is 1090. The van der Waals surface area contributed by atoms with E-state index in [1.807, 2.05) is 32.0 Å². The lowest BCUT2D eigenvalue weighted by Gasteiger charge is -2.28. The monoisotopic (exact) mass is 390 g/mol. The molecular formula is C22H18N2O3S. The number of hydrogen-bond acceptors (Lipinski definition) is 5. The second-order valence-electron chi connectivity index (χ2n) is 6.72. The molecule has 0 saturated carbocycles. The number of pyridine rings is 1. The van der Waals surface area contributed by atoms with E-state index >= 15 is 0 Å². The first-order valence-corrected chi connectivity index (χ1v) is 9.69. The second-order valence-corrected chi connectivity index (χ2v) is 7.66. The summed E-state index contributed by atoms with van der Waals surface area (Å²) in [7, 11) is 0. The van der Waals surface area contributed by atoms with Crippen LogP contribution in [0.1, 0.15) is 32.4 Å². The molecule has 1 aliphatic rings. The van der Waals surface area contributed by atoms with E-state index in [-0.39, 0.29) is 11.4 Å². The van der Waals surface area contributed by atoms with Gasteiger partial charge in [-0.3, -0.25) is 19.5 Å². The molecule has 0 saturated heterocycles. The summed E-state index contributed by atoms with van der Waals surface area (Å²) in [6, 6.07) is 12.0. The first kappa shape index (κ1) is 18.1. The standard InChI is InChI=1S/C22H18N2O3S/c1-13-5-6-16(14(2)12-13)24-19(15-7-9-23-10-8-15)18(21(26)22(24)27)20(25)17-4-3-11-28-17/h3-12,19,26H,1-2H3. The van der Waals surface area contributed by atoms with Gasteiger partial charge in [-0.15, -0.1) is 11.3 Å². The Morgan fingerprint density at radius 3 is 2.54 bits per heavy atom. The molecule has 0 radical (unpaired) electrons. The minimum atomic E-state index is -0.716. The number of rotatable bonds is 4. The molecule has 1 atom stereocenters. The van der Waals surface area contributed by atoms with Crippen LogP contribution in [0.4, 0.5) is 5.69 Å². The van der Waals surface area contributed by atoms with Gasteiger partial charge < -0.3 is 5.11 Å². The van der Waals surface area contributed by atoms with E-state index in [0.717, 1.165) is 11.1 Å². The highest BCUT2D eigenvalue weighted by atomic mass is 32.1. The van der Waals surface area contributed by atoms with E-state index in [4.69, 9.17) is 0 Å². The van der Waals surface area contributed by atoms with Crippen molar-refractivity contribution in [1.29, 1.82) is 0 Å².